The number of likely N-dealkylation sites (N-methyl/N-ethyl adjacent to an activating group) is 1. The first kappa shape index (κ1) is 15.7. The van der Waals surface area contributed by atoms with E-state index in [2.05, 4.69) is 9.88 Å². The summed E-state index contributed by atoms with van der Waals surface area (Å²) < 4.78 is 1.69. The van der Waals surface area contributed by atoms with Gasteiger partial charge in [0, 0.05) is 23.5 Å². The first-order valence-electron chi connectivity index (χ1n) is 7.34. The van der Waals surface area contributed by atoms with E-state index in [9.17, 15) is 14.7 Å². The summed E-state index contributed by atoms with van der Waals surface area (Å²) in [6, 6.07) is 0.0732. The van der Waals surface area contributed by atoms with Crippen LogP contribution in [0, 0.1) is 13.8 Å². The molecule has 1 aliphatic heterocycles. The molecule has 0 aromatic carbocycles. The zero-order chi connectivity index (χ0) is 15.7. The van der Waals surface area contributed by atoms with E-state index in [4.69, 9.17) is 0 Å². The van der Waals surface area contributed by atoms with E-state index in [1.54, 1.807) is 18.4 Å². The molecule has 1 N–H and O–H groups in total. The zero-order valence-corrected chi connectivity index (χ0v) is 13.1. The van der Waals surface area contributed by atoms with Crippen LogP contribution >= 0.6 is 0 Å². The van der Waals surface area contributed by atoms with Crippen molar-refractivity contribution in [3.63, 3.8) is 0 Å². The first-order chi connectivity index (χ1) is 9.82. The summed E-state index contributed by atoms with van der Waals surface area (Å²) in [5.41, 5.74) is 1.65. The van der Waals surface area contributed by atoms with Crippen LogP contribution in [0.5, 0.6) is 0 Å². The number of hydrogen-bond donors (Lipinski definition) is 1. The molecule has 1 aliphatic rings. The van der Waals surface area contributed by atoms with E-state index in [1.165, 1.54) is 0 Å². The SMILES string of the molecule is Cc1nc(=O)n(C2CCCN(C)C2)c(C)c1C(C)C(=O)O. The summed E-state index contributed by atoms with van der Waals surface area (Å²) in [4.78, 5) is 29.9. The van der Waals surface area contributed by atoms with Crippen molar-refractivity contribution in [1.29, 1.82) is 0 Å². The molecule has 0 saturated carbocycles. The molecule has 1 aromatic rings. The van der Waals surface area contributed by atoms with Gasteiger partial charge < -0.3 is 10.0 Å². The van der Waals surface area contributed by atoms with Gasteiger partial charge in [-0.2, -0.15) is 4.98 Å². The highest BCUT2D eigenvalue weighted by molar-refractivity contribution is 5.76. The van der Waals surface area contributed by atoms with Crippen LogP contribution in [0.2, 0.25) is 0 Å². The van der Waals surface area contributed by atoms with E-state index in [0.717, 1.165) is 31.6 Å². The normalized spacial score (nSPS) is 21.2. The minimum Gasteiger partial charge on any atom is -0.481 e. The molecule has 0 radical (unpaired) electrons. The summed E-state index contributed by atoms with van der Waals surface area (Å²) >= 11 is 0. The summed E-state index contributed by atoms with van der Waals surface area (Å²) in [6.45, 7) is 7.01. The number of carbonyl (C=O) groups is 1. The average Bonchev–Trinajstić information content (AvgIpc) is 2.37. The van der Waals surface area contributed by atoms with Gasteiger partial charge in [0.1, 0.15) is 0 Å². The fourth-order valence-electron chi connectivity index (χ4n) is 3.32. The quantitative estimate of drug-likeness (QED) is 0.909. The number of aromatic nitrogens is 2. The molecular weight excluding hydrogens is 270 g/mol. The van der Waals surface area contributed by atoms with E-state index in [1.807, 2.05) is 14.0 Å². The largest absolute Gasteiger partial charge is 0.481 e. The van der Waals surface area contributed by atoms with Gasteiger partial charge in [-0.3, -0.25) is 9.36 Å². The number of nitrogens with zero attached hydrogens (tertiary/aromatic N) is 3. The maximum atomic E-state index is 12.3. The van der Waals surface area contributed by atoms with Crippen LogP contribution in [-0.4, -0.2) is 45.7 Å². The molecule has 6 heteroatoms. The maximum absolute atomic E-state index is 12.3. The Morgan fingerprint density at radius 1 is 1.43 bits per heavy atom. The van der Waals surface area contributed by atoms with Gasteiger partial charge in [-0.05, 0) is 47.2 Å². The Morgan fingerprint density at radius 3 is 2.67 bits per heavy atom. The van der Waals surface area contributed by atoms with E-state index in [-0.39, 0.29) is 11.7 Å². The standard InChI is InChI=1S/C15H23N3O3/c1-9(14(19)20)13-10(2)16-15(21)18(11(13)3)12-6-5-7-17(4)8-12/h9,12H,5-8H2,1-4H3,(H,19,20). The Bertz CT molecular complexity index is 609. The number of piperidine rings is 1. The van der Waals surface area contributed by atoms with Crippen LogP contribution in [0.1, 0.15) is 48.7 Å². The number of hydrogen-bond acceptors (Lipinski definition) is 4. The highest BCUT2D eigenvalue weighted by Crippen LogP contribution is 2.26. The smallest absolute Gasteiger partial charge is 0.348 e. The highest BCUT2D eigenvalue weighted by Gasteiger charge is 2.26. The molecule has 2 atom stereocenters. The minimum absolute atomic E-state index is 0.0732. The third-order valence-corrected chi connectivity index (χ3v) is 4.38. The fraction of sp³-hybridized carbons (Fsp3) is 0.667. The Morgan fingerprint density at radius 2 is 2.10 bits per heavy atom. The van der Waals surface area contributed by atoms with Crippen molar-refractivity contribution in [2.45, 2.75) is 45.6 Å². The average molecular weight is 293 g/mol. The fourth-order valence-corrected chi connectivity index (χ4v) is 3.32. The van der Waals surface area contributed by atoms with Crippen molar-refractivity contribution in [3.8, 4) is 0 Å². The van der Waals surface area contributed by atoms with Crippen LogP contribution in [-0.2, 0) is 4.79 Å². The number of aliphatic carboxylic acids is 1. The zero-order valence-electron chi connectivity index (χ0n) is 13.1. The molecule has 2 unspecified atom stereocenters. The van der Waals surface area contributed by atoms with Gasteiger partial charge in [0.15, 0.2) is 0 Å². The Kier molecular flexibility index (Phi) is 4.46. The predicted octanol–water partition coefficient (Wildman–Crippen LogP) is 1.31. The molecule has 2 heterocycles. The van der Waals surface area contributed by atoms with Crippen LogP contribution < -0.4 is 5.69 Å². The van der Waals surface area contributed by atoms with Gasteiger partial charge in [0.05, 0.1) is 12.0 Å². The molecule has 0 bridgehead atoms. The Balaban J connectivity index is 2.53. The molecule has 0 aliphatic carbocycles. The van der Waals surface area contributed by atoms with Crippen molar-refractivity contribution in [3.05, 3.63) is 27.4 Å². The highest BCUT2D eigenvalue weighted by atomic mass is 16.4. The number of likely N-dealkylation sites (tertiary alicyclic amines) is 1. The second-order valence-electron chi connectivity index (χ2n) is 5.97. The number of carboxylic acids is 1. The van der Waals surface area contributed by atoms with E-state index in [0.29, 0.717) is 11.3 Å². The second-order valence-corrected chi connectivity index (χ2v) is 5.97. The van der Waals surface area contributed by atoms with Gasteiger partial charge in [0.25, 0.3) is 0 Å². The van der Waals surface area contributed by atoms with Gasteiger partial charge in [-0.25, -0.2) is 4.79 Å². The third-order valence-electron chi connectivity index (χ3n) is 4.38. The van der Waals surface area contributed by atoms with Gasteiger partial charge >= 0.3 is 11.7 Å². The number of aryl methyl sites for hydroxylation is 1. The molecule has 1 fully saturated rings. The monoisotopic (exact) mass is 293 g/mol. The van der Waals surface area contributed by atoms with Gasteiger partial charge in [0.2, 0.25) is 0 Å². The predicted molar refractivity (Wildman–Crippen MR) is 79.8 cm³/mol. The lowest BCUT2D eigenvalue weighted by molar-refractivity contribution is -0.138. The molecule has 1 saturated heterocycles. The van der Waals surface area contributed by atoms with E-state index < -0.39 is 11.9 Å². The first-order valence-corrected chi connectivity index (χ1v) is 7.34. The number of carboxylic acid groups (broad SMARTS) is 1. The molecule has 1 aromatic heterocycles. The van der Waals surface area contributed by atoms with Crippen LogP contribution in [0.4, 0.5) is 0 Å². The topological polar surface area (TPSA) is 75.4 Å². The van der Waals surface area contributed by atoms with Crippen LogP contribution in [0.15, 0.2) is 4.79 Å². The summed E-state index contributed by atoms with van der Waals surface area (Å²) in [5.74, 6) is -1.56. The van der Waals surface area contributed by atoms with Crippen molar-refractivity contribution >= 4 is 5.97 Å². The Labute approximate surface area is 124 Å². The van der Waals surface area contributed by atoms with Gasteiger partial charge in [-0.15, -0.1) is 0 Å². The summed E-state index contributed by atoms with van der Waals surface area (Å²) in [7, 11) is 2.04. The molecule has 0 amide bonds. The van der Waals surface area contributed by atoms with Crippen molar-refractivity contribution in [2.24, 2.45) is 0 Å². The lowest BCUT2D eigenvalue weighted by Crippen LogP contribution is -2.40. The second kappa shape index (κ2) is 5.97. The number of rotatable bonds is 3. The minimum atomic E-state index is -0.894. The van der Waals surface area contributed by atoms with Crippen molar-refractivity contribution in [2.75, 3.05) is 20.1 Å². The molecule has 2 rings (SSSR count). The molecule has 116 valence electrons. The van der Waals surface area contributed by atoms with Crippen molar-refractivity contribution in [1.82, 2.24) is 14.5 Å². The van der Waals surface area contributed by atoms with Crippen molar-refractivity contribution < 1.29 is 9.90 Å². The lowest BCUT2D eigenvalue weighted by atomic mass is 9.97. The van der Waals surface area contributed by atoms with Crippen LogP contribution in [0.3, 0.4) is 0 Å². The van der Waals surface area contributed by atoms with Crippen LogP contribution in [0.25, 0.3) is 0 Å². The molecule has 0 spiro atoms. The maximum Gasteiger partial charge on any atom is 0.348 e. The molecule has 21 heavy (non-hydrogen) atoms. The third kappa shape index (κ3) is 3.00. The molecular formula is C15H23N3O3. The van der Waals surface area contributed by atoms with Gasteiger partial charge in [-0.1, -0.05) is 0 Å². The van der Waals surface area contributed by atoms with E-state index >= 15 is 0 Å². The molecule has 6 nitrogen and oxygen atoms in total. The summed E-state index contributed by atoms with van der Waals surface area (Å²) in [6.07, 6.45) is 1.96. The Hall–Kier alpha value is -1.69. The summed E-state index contributed by atoms with van der Waals surface area (Å²) in [5, 5.41) is 9.27. The lowest BCUT2D eigenvalue weighted by Gasteiger charge is -2.32.